The molecule has 1 atom stereocenters. The van der Waals surface area contributed by atoms with Gasteiger partial charge in [0.2, 0.25) is 0 Å². The van der Waals surface area contributed by atoms with Crippen LogP contribution in [0, 0.1) is 11.6 Å². The van der Waals surface area contributed by atoms with Gasteiger partial charge in [-0.2, -0.15) is 0 Å². The van der Waals surface area contributed by atoms with Gasteiger partial charge in [-0.3, -0.25) is 10.1 Å². The van der Waals surface area contributed by atoms with Crippen molar-refractivity contribution >= 4 is 17.7 Å². The lowest BCUT2D eigenvalue weighted by Crippen LogP contribution is -2.53. The van der Waals surface area contributed by atoms with Crippen LogP contribution in [-0.4, -0.2) is 30.4 Å². The summed E-state index contributed by atoms with van der Waals surface area (Å²) in [7, 11) is 1.34. The second-order valence-electron chi connectivity index (χ2n) is 5.11. The van der Waals surface area contributed by atoms with Crippen LogP contribution in [-0.2, 0) is 9.53 Å². The van der Waals surface area contributed by atoms with Crippen LogP contribution in [0.25, 0.3) is 0 Å². The van der Waals surface area contributed by atoms with Crippen LogP contribution < -0.4 is 5.32 Å². The standard InChI is InChI=1S/C14H17F2NO2S/c1-14(13(18)19-2,17-9-3-4-9)8-20-10-5-6-11(15)12(16)7-10/h5-7,9,17H,3-4,8H2,1-2H3. The Bertz CT molecular complexity index is 508. The highest BCUT2D eigenvalue weighted by Crippen LogP contribution is 2.28. The maximum atomic E-state index is 13.1. The molecule has 0 aliphatic heterocycles. The molecule has 1 unspecified atom stereocenters. The number of rotatable bonds is 6. The molecule has 3 nitrogen and oxygen atoms in total. The van der Waals surface area contributed by atoms with Gasteiger partial charge in [0.1, 0.15) is 5.54 Å². The number of nitrogens with one attached hydrogen (secondary N) is 1. The molecule has 1 saturated carbocycles. The summed E-state index contributed by atoms with van der Waals surface area (Å²) in [6.07, 6.45) is 2.09. The Hall–Kier alpha value is -1.14. The van der Waals surface area contributed by atoms with Crippen LogP contribution in [0.5, 0.6) is 0 Å². The van der Waals surface area contributed by atoms with Crippen LogP contribution in [0.15, 0.2) is 23.1 Å². The van der Waals surface area contributed by atoms with Crippen molar-refractivity contribution in [2.24, 2.45) is 0 Å². The zero-order chi connectivity index (χ0) is 14.8. The van der Waals surface area contributed by atoms with E-state index in [-0.39, 0.29) is 5.97 Å². The van der Waals surface area contributed by atoms with Crippen molar-refractivity contribution in [2.75, 3.05) is 12.9 Å². The summed E-state index contributed by atoms with van der Waals surface area (Å²) >= 11 is 1.29. The van der Waals surface area contributed by atoms with Gasteiger partial charge in [0.05, 0.1) is 7.11 Å². The number of carbonyl (C=O) groups excluding carboxylic acids is 1. The van der Waals surface area contributed by atoms with E-state index in [0.29, 0.717) is 16.7 Å². The molecule has 20 heavy (non-hydrogen) atoms. The van der Waals surface area contributed by atoms with Gasteiger partial charge in [0, 0.05) is 16.7 Å². The molecule has 1 aliphatic rings. The average molecular weight is 301 g/mol. The molecule has 0 spiro atoms. The minimum atomic E-state index is -0.884. The Morgan fingerprint density at radius 3 is 2.70 bits per heavy atom. The van der Waals surface area contributed by atoms with Crippen molar-refractivity contribution in [3.05, 3.63) is 29.8 Å². The van der Waals surface area contributed by atoms with Crippen LogP contribution in [0.2, 0.25) is 0 Å². The number of benzene rings is 1. The van der Waals surface area contributed by atoms with Gasteiger partial charge in [-0.05, 0) is 38.0 Å². The third kappa shape index (κ3) is 3.70. The van der Waals surface area contributed by atoms with Gasteiger partial charge in [-0.15, -0.1) is 11.8 Å². The van der Waals surface area contributed by atoms with E-state index in [1.807, 2.05) is 0 Å². The Labute approximate surface area is 121 Å². The van der Waals surface area contributed by atoms with Crippen molar-refractivity contribution in [3.8, 4) is 0 Å². The Balaban J connectivity index is 2.03. The lowest BCUT2D eigenvalue weighted by atomic mass is 10.1. The van der Waals surface area contributed by atoms with Gasteiger partial charge >= 0.3 is 5.97 Å². The first kappa shape index (κ1) is 15.3. The number of ether oxygens (including phenoxy) is 1. The molecule has 110 valence electrons. The molecule has 0 radical (unpaired) electrons. The average Bonchev–Trinajstić information content (AvgIpc) is 3.23. The Morgan fingerprint density at radius 1 is 1.45 bits per heavy atom. The van der Waals surface area contributed by atoms with E-state index in [1.165, 1.54) is 24.9 Å². The molecule has 0 saturated heterocycles. The molecule has 0 amide bonds. The predicted molar refractivity (Wildman–Crippen MR) is 73.7 cm³/mol. The molecule has 1 aliphatic carbocycles. The SMILES string of the molecule is COC(=O)C(C)(CSc1ccc(F)c(F)c1)NC1CC1. The van der Waals surface area contributed by atoms with Crippen molar-refractivity contribution in [1.29, 1.82) is 0 Å². The quantitative estimate of drug-likeness (QED) is 0.648. The largest absolute Gasteiger partial charge is 0.468 e. The first-order chi connectivity index (χ1) is 9.44. The molecular weight excluding hydrogens is 284 g/mol. The summed E-state index contributed by atoms with van der Waals surface area (Å²) in [5.41, 5.74) is -0.828. The fraction of sp³-hybridized carbons (Fsp3) is 0.500. The van der Waals surface area contributed by atoms with E-state index in [4.69, 9.17) is 4.74 Å². The van der Waals surface area contributed by atoms with E-state index in [1.54, 1.807) is 6.92 Å². The molecule has 1 fully saturated rings. The van der Waals surface area contributed by atoms with E-state index >= 15 is 0 Å². The van der Waals surface area contributed by atoms with Gasteiger partial charge in [0.25, 0.3) is 0 Å². The number of carbonyl (C=O) groups is 1. The maximum absolute atomic E-state index is 13.1. The van der Waals surface area contributed by atoms with E-state index < -0.39 is 17.2 Å². The summed E-state index contributed by atoms with van der Waals surface area (Å²) in [4.78, 5) is 12.5. The monoisotopic (exact) mass is 301 g/mol. The molecule has 1 aromatic carbocycles. The summed E-state index contributed by atoms with van der Waals surface area (Å²) < 4.78 is 30.8. The molecule has 1 aromatic rings. The minimum absolute atomic E-state index is 0.338. The summed E-state index contributed by atoms with van der Waals surface area (Å²) in [5, 5.41) is 3.25. The van der Waals surface area contributed by atoms with Gasteiger partial charge in [-0.1, -0.05) is 0 Å². The van der Waals surface area contributed by atoms with Crippen molar-refractivity contribution < 1.29 is 18.3 Å². The van der Waals surface area contributed by atoms with Crippen LogP contribution in [0.4, 0.5) is 8.78 Å². The second-order valence-corrected chi connectivity index (χ2v) is 6.16. The van der Waals surface area contributed by atoms with Gasteiger partial charge in [-0.25, -0.2) is 8.78 Å². The highest BCUT2D eigenvalue weighted by atomic mass is 32.2. The highest BCUT2D eigenvalue weighted by Gasteiger charge is 2.39. The Kier molecular flexibility index (Phi) is 4.65. The van der Waals surface area contributed by atoms with E-state index in [2.05, 4.69) is 5.32 Å². The fourth-order valence-corrected chi connectivity index (χ4v) is 2.86. The van der Waals surface area contributed by atoms with Crippen molar-refractivity contribution in [1.82, 2.24) is 5.32 Å². The normalized spacial score (nSPS) is 17.6. The molecule has 0 aromatic heterocycles. The van der Waals surface area contributed by atoms with Crippen molar-refractivity contribution in [3.63, 3.8) is 0 Å². The van der Waals surface area contributed by atoms with E-state index in [0.717, 1.165) is 25.0 Å². The molecule has 1 N–H and O–H groups in total. The van der Waals surface area contributed by atoms with Gasteiger partial charge in [0.15, 0.2) is 11.6 Å². The summed E-state index contributed by atoms with van der Waals surface area (Å²) in [6, 6.07) is 4.05. The number of hydrogen-bond acceptors (Lipinski definition) is 4. The zero-order valence-electron chi connectivity index (χ0n) is 11.4. The number of esters is 1. The first-order valence-electron chi connectivity index (χ1n) is 6.38. The minimum Gasteiger partial charge on any atom is -0.468 e. The third-order valence-electron chi connectivity index (χ3n) is 3.15. The van der Waals surface area contributed by atoms with Crippen LogP contribution in [0.3, 0.4) is 0 Å². The Morgan fingerprint density at radius 2 is 2.15 bits per heavy atom. The van der Waals surface area contributed by atoms with E-state index in [9.17, 15) is 13.6 Å². The summed E-state index contributed by atoms with van der Waals surface area (Å²) in [6.45, 7) is 1.77. The first-order valence-corrected chi connectivity index (χ1v) is 7.37. The highest BCUT2D eigenvalue weighted by molar-refractivity contribution is 7.99. The van der Waals surface area contributed by atoms with Crippen LogP contribution >= 0.6 is 11.8 Å². The third-order valence-corrected chi connectivity index (χ3v) is 4.46. The number of thioether (sulfide) groups is 1. The smallest absolute Gasteiger partial charge is 0.326 e. The maximum Gasteiger partial charge on any atom is 0.326 e. The number of hydrogen-bond donors (Lipinski definition) is 1. The molecule has 0 heterocycles. The predicted octanol–water partition coefficient (Wildman–Crippen LogP) is 2.74. The lowest BCUT2D eigenvalue weighted by Gasteiger charge is -2.27. The van der Waals surface area contributed by atoms with Crippen molar-refractivity contribution in [2.45, 2.75) is 36.2 Å². The fourth-order valence-electron chi connectivity index (χ4n) is 1.86. The second kappa shape index (κ2) is 6.10. The number of halogens is 2. The summed E-state index contributed by atoms with van der Waals surface area (Å²) in [5.74, 6) is -1.72. The molecule has 6 heteroatoms. The molecule has 0 bridgehead atoms. The van der Waals surface area contributed by atoms with Gasteiger partial charge < -0.3 is 4.74 Å². The van der Waals surface area contributed by atoms with Crippen LogP contribution in [0.1, 0.15) is 19.8 Å². The zero-order valence-corrected chi connectivity index (χ0v) is 12.2. The molecule has 2 rings (SSSR count). The molecular formula is C14H17F2NO2S. The lowest BCUT2D eigenvalue weighted by molar-refractivity contribution is -0.147. The topological polar surface area (TPSA) is 38.3 Å². The number of methoxy groups -OCH3 is 1.